The molecule has 0 nitrogen and oxygen atoms in total. The first-order chi connectivity index (χ1) is 7.60. The Kier molecular flexibility index (Phi) is 3.66. The first kappa shape index (κ1) is 12.5. The van der Waals surface area contributed by atoms with E-state index in [0.29, 0.717) is 0 Å². The molecule has 0 aromatic rings. The minimum Gasteiger partial charge on any atom is -0.0651 e. The molecule has 2 rings (SSSR count). The van der Waals surface area contributed by atoms with E-state index in [1.807, 2.05) is 0 Å². The van der Waals surface area contributed by atoms with Crippen LogP contribution in [0.2, 0.25) is 0 Å². The van der Waals surface area contributed by atoms with Gasteiger partial charge in [-0.1, -0.05) is 47.5 Å². The van der Waals surface area contributed by atoms with E-state index in [9.17, 15) is 0 Å². The summed E-state index contributed by atoms with van der Waals surface area (Å²) in [6.07, 6.45) is 5.85. The Hall–Kier alpha value is 0. The summed E-state index contributed by atoms with van der Waals surface area (Å²) in [6.45, 7) is 12.2. The highest BCUT2D eigenvalue weighted by Crippen LogP contribution is 2.55. The lowest BCUT2D eigenvalue weighted by Crippen LogP contribution is -2.39. The molecular weight excluding hydrogens is 192 g/mol. The predicted molar refractivity (Wildman–Crippen MR) is 71.3 cm³/mol. The molecule has 0 aromatic carbocycles. The van der Waals surface area contributed by atoms with E-state index in [2.05, 4.69) is 34.6 Å². The van der Waals surface area contributed by atoms with Crippen LogP contribution in [0.5, 0.6) is 0 Å². The third-order valence-corrected chi connectivity index (χ3v) is 5.93. The maximum atomic E-state index is 2.53. The smallest absolute Gasteiger partial charge is 0.0334 e. The van der Waals surface area contributed by atoms with Crippen LogP contribution in [0.1, 0.15) is 60.3 Å². The summed E-state index contributed by atoms with van der Waals surface area (Å²) in [6, 6.07) is 0. The Labute approximate surface area is 102 Å². The zero-order valence-corrected chi connectivity index (χ0v) is 11.9. The van der Waals surface area contributed by atoms with Crippen molar-refractivity contribution in [3.05, 3.63) is 0 Å². The molecule has 16 heavy (non-hydrogen) atoms. The average Bonchev–Trinajstić information content (AvgIpc) is 2.84. The van der Waals surface area contributed by atoms with Crippen molar-refractivity contribution in [2.45, 2.75) is 60.3 Å². The Morgan fingerprint density at radius 1 is 1.06 bits per heavy atom. The van der Waals surface area contributed by atoms with E-state index in [1.165, 1.54) is 25.7 Å². The van der Waals surface area contributed by atoms with E-state index >= 15 is 0 Å². The van der Waals surface area contributed by atoms with Gasteiger partial charge in [-0.2, -0.15) is 0 Å². The molecule has 7 unspecified atom stereocenters. The van der Waals surface area contributed by atoms with Crippen LogP contribution in [0.15, 0.2) is 0 Å². The summed E-state index contributed by atoms with van der Waals surface area (Å²) in [5.41, 5.74) is 0. The fourth-order valence-electron chi connectivity index (χ4n) is 4.81. The molecule has 0 heterocycles. The van der Waals surface area contributed by atoms with Crippen LogP contribution < -0.4 is 0 Å². The lowest BCUT2D eigenvalue weighted by atomic mass is 9.59. The van der Waals surface area contributed by atoms with Gasteiger partial charge in [-0.25, -0.2) is 0 Å². The zero-order valence-electron chi connectivity index (χ0n) is 11.9. The van der Waals surface area contributed by atoms with Crippen LogP contribution >= 0.6 is 0 Å². The van der Waals surface area contributed by atoms with E-state index in [1.54, 1.807) is 0 Å². The number of hydrogen-bond acceptors (Lipinski definition) is 0. The molecule has 2 fully saturated rings. The van der Waals surface area contributed by atoms with Crippen molar-refractivity contribution in [1.29, 1.82) is 0 Å². The summed E-state index contributed by atoms with van der Waals surface area (Å²) in [5.74, 6) is 7.27. The maximum absolute atomic E-state index is 2.53. The Bertz CT molecular complexity index is 232. The minimum absolute atomic E-state index is 0.984. The summed E-state index contributed by atoms with van der Waals surface area (Å²) in [7, 11) is 0. The molecule has 0 aromatic heterocycles. The first-order valence-corrected chi connectivity index (χ1v) is 7.60. The van der Waals surface area contributed by atoms with E-state index in [0.717, 1.165) is 41.4 Å². The molecule has 0 N–H and O–H groups in total. The maximum Gasteiger partial charge on any atom is -0.0334 e. The quantitative estimate of drug-likeness (QED) is 0.615. The Balaban J connectivity index is 1.82. The largest absolute Gasteiger partial charge is 0.0651 e. The Morgan fingerprint density at radius 2 is 1.75 bits per heavy atom. The summed E-state index contributed by atoms with van der Waals surface area (Å²) in [5, 5.41) is 0. The van der Waals surface area contributed by atoms with Crippen molar-refractivity contribution in [3.8, 4) is 0 Å². The van der Waals surface area contributed by atoms with E-state index in [-0.39, 0.29) is 0 Å². The third-order valence-electron chi connectivity index (χ3n) is 5.93. The van der Waals surface area contributed by atoms with Crippen molar-refractivity contribution in [2.75, 3.05) is 0 Å². The van der Waals surface area contributed by atoms with Gasteiger partial charge in [0, 0.05) is 0 Å². The lowest BCUT2D eigenvalue weighted by Gasteiger charge is -2.46. The van der Waals surface area contributed by atoms with Crippen LogP contribution in [0.3, 0.4) is 0 Å². The molecule has 2 aliphatic carbocycles. The van der Waals surface area contributed by atoms with E-state index < -0.39 is 0 Å². The molecular formula is C16H30. The van der Waals surface area contributed by atoms with Gasteiger partial charge >= 0.3 is 0 Å². The van der Waals surface area contributed by atoms with Gasteiger partial charge in [-0.3, -0.25) is 0 Å². The minimum atomic E-state index is 0.984. The monoisotopic (exact) mass is 222 g/mol. The van der Waals surface area contributed by atoms with Crippen LogP contribution in [-0.4, -0.2) is 0 Å². The molecule has 0 heteroatoms. The molecule has 0 saturated heterocycles. The molecule has 94 valence electrons. The molecule has 0 bridgehead atoms. The van der Waals surface area contributed by atoms with Crippen molar-refractivity contribution >= 4 is 0 Å². The van der Waals surface area contributed by atoms with Gasteiger partial charge in [0.05, 0.1) is 0 Å². The number of hydrogen-bond donors (Lipinski definition) is 0. The lowest BCUT2D eigenvalue weighted by molar-refractivity contribution is 0.0273. The van der Waals surface area contributed by atoms with Gasteiger partial charge in [0.25, 0.3) is 0 Å². The highest BCUT2D eigenvalue weighted by Gasteiger charge is 2.48. The van der Waals surface area contributed by atoms with Crippen molar-refractivity contribution in [1.82, 2.24) is 0 Å². The second kappa shape index (κ2) is 4.70. The van der Waals surface area contributed by atoms with E-state index in [4.69, 9.17) is 0 Å². The highest BCUT2D eigenvalue weighted by molar-refractivity contribution is 4.97. The molecule has 7 atom stereocenters. The van der Waals surface area contributed by atoms with Gasteiger partial charge in [-0.15, -0.1) is 0 Å². The standard InChI is InChI=1S/C16H30/c1-6-13-8-10(3)16(13)11(4)9-15-12(5)14(15)7-2/h10-16H,6-9H2,1-5H3. The van der Waals surface area contributed by atoms with Crippen molar-refractivity contribution in [3.63, 3.8) is 0 Å². The van der Waals surface area contributed by atoms with Crippen molar-refractivity contribution < 1.29 is 0 Å². The second-order valence-corrected chi connectivity index (χ2v) is 6.77. The highest BCUT2D eigenvalue weighted by atomic mass is 14.5. The summed E-state index contributed by atoms with van der Waals surface area (Å²) >= 11 is 0. The van der Waals surface area contributed by atoms with Crippen LogP contribution in [0, 0.1) is 41.4 Å². The molecule has 2 aliphatic rings. The van der Waals surface area contributed by atoms with Gasteiger partial charge in [0.1, 0.15) is 0 Å². The third kappa shape index (κ3) is 2.05. The van der Waals surface area contributed by atoms with Crippen LogP contribution in [-0.2, 0) is 0 Å². The summed E-state index contributed by atoms with van der Waals surface area (Å²) in [4.78, 5) is 0. The second-order valence-electron chi connectivity index (χ2n) is 6.77. The molecule has 0 amide bonds. The SMILES string of the molecule is CCC1CC(C)C1C(C)CC1C(C)C1CC. The topological polar surface area (TPSA) is 0 Å². The normalized spacial score (nSPS) is 48.6. The summed E-state index contributed by atoms with van der Waals surface area (Å²) < 4.78 is 0. The van der Waals surface area contributed by atoms with Crippen LogP contribution in [0.25, 0.3) is 0 Å². The average molecular weight is 222 g/mol. The van der Waals surface area contributed by atoms with Crippen LogP contribution in [0.4, 0.5) is 0 Å². The van der Waals surface area contributed by atoms with Gasteiger partial charge < -0.3 is 0 Å². The molecule has 0 aliphatic heterocycles. The van der Waals surface area contributed by atoms with Crippen molar-refractivity contribution in [2.24, 2.45) is 41.4 Å². The van der Waals surface area contributed by atoms with Gasteiger partial charge in [0.15, 0.2) is 0 Å². The van der Waals surface area contributed by atoms with Gasteiger partial charge in [0.2, 0.25) is 0 Å². The zero-order chi connectivity index (χ0) is 11.9. The molecule has 2 saturated carbocycles. The molecule has 0 radical (unpaired) electrons. The Morgan fingerprint density at radius 3 is 2.19 bits per heavy atom. The number of rotatable bonds is 5. The predicted octanol–water partition coefficient (Wildman–Crippen LogP) is 4.99. The van der Waals surface area contributed by atoms with Gasteiger partial charge in [-0.05, 0) is 54.3 Å². The molecule has 0 spiro atoms. The first-order valence-electron chi connectivity index (χ1n) is 7.60. The fourth-order valence-corrected chi connectivity index (χ4v) is 4.81. The fraction of sp³-hybridized carbons (Fsp3) is 1.00.